The summed E-state index contributed by atoms with van der Waals surface area (Å²) in [6, 6.07) is 0. The van der Waals surface area contributed by atoms with Crippen molar-refractivity contribution in [2.45, 2.75) is 38.1 Å². The number of rotatable bonds is 3. The lowest BCUT2D eigenvalue weighted by atomic mass is 10.0. The van der Waals surface area contributed by atoms with Crippen molar-refractivity contribution in [1.82, 2.24) is 9.78 Å². The maximum atomic E-state index is 6.14. The Balaban J connectivity index is 2.24. The lowest BCUT2D eigenvalue weighted by molar-refractivity contribution is 0.551. The van der Waals surface area contributed by atoms with Crippen molar-refractivity contribution in [3.63, 3.8) is 0 Å². The quantitative estimate of drug-likeness (QED) is 0.836. The number of halogens is 1. The van der Waals surface area contributed by atoms with Gasteiger partial charge in [0.15, 0.2) is 0 Å². The topological polar surface area (TPSA) is 43.8 Å². The van der Waals surface area contributed by atoms with E-state index in [2.05, 4.69) is 5.10 Å². The second-order valence-electron chi connectivity index (χ2n) is 3.87. The third-order valence-electron chi connectivity index (χ3n) is 2.92. The molecule has 0 radical (unpaired) electrons. The number of nitrogens with zero attached hydrogens (tertiary/aromatic N) is 2. The zero-order valence-electron chi connectivity index (χ0n) is 8.25. The van der Waals surface area contributed by atoms with Gasteiger partial charge < -0.3 is 5.73 Å². The molecule has 0 amide bonds. The summed E-state index contributed by atoms with van der Waals surface area (Å²) in [6.07, 6.45) is 6.86. The van der Waals surface area contributed by atoms with Crippen LogP contribution in [0.1, 0.15) is 37.3 Å². The van der Waals surface area contributed by atoms with Crippen LogP contribution in [0.4, 0.5) is 0 Å². The normalized spacial score (nSPS) is 17.9. The summed E-state index contributed by atoms with van der Waals surface area (Å²) >= 11 is 6.14. The first-order valence-corrected chi connectivity index (χ1v) is 5.62. The van der Waals surface area contributed by atoms with Crippen LogP contribution >= 0.6 is 11.6 Å². The van der Waals surface area contributed by atoms with Crippen LogP contribution in [0, 0.1) is 0 Å². The molecule has 0 atom stereocenters. The van der Waals surface area contributed by atoms with Gasteiger partial charge in [0.25, 0.3) is 0 Å². The van der Waals surface area contributed by atoms with Crippen molar-refractivity contribution in [3.05, 3.63) is 16.9 Å². The Morgan fingerprint density at radius 2 is 2.21 bits per heavy atom. The van der Waals surface area contributed by atoms with Crippen LogP contribution in [0.25, 0.3) is 0 Å². The Kier molecular flexibility index (Phi) is 3.08. The Hall–Kier alpha value is -0.540. The van der Waals surface area contributed by atoms with Crippen molar-refractivity contribution in [2.24, 2.45) is 5.73 Å². The first-order chi connectivity index (χ1) is 6.83. The van der Waals surface area contributed by atoms with Crippen molar-refractivity contribution in [1.29, 1.82) is 0 Å². The fraction of sp³-hybridized carbons (Fsp3) is 0.700. The van der Waals surface area contributed by atoms with Gasteiger partial charge in [0, 0.05) is 12.5 Å². The van der Waals surface area contributed by atoms with E-state index in [9.17, 15) is 0 Å². The molecule has 0 unspecified atom stereocenters. The molecule has 4 heteroatoms. The average molecular weight is 214 g/mol. The zero-order chi connectivity index (χ0) is 9.97. The van der Waals surface area contributed by atoms with E-state index in [1.165, 1.54) is 31.4 Å². The van der Waals surface area contributed by atoms with Crippen LogP contribution in [-0.2, 0) is 6.54 Å². The van der Waals surface area contributed by atoms with Gasteiger partial charge in [0.2, 0.25) is 0 Å². The van der Waals surface area contributed by atoms with Gasteiger partial charge in [-0.1, -0.05) is 24.4 Å². The van der Waals surface area contributed by atoms with Gasteiger partial charge in [-0.25, -0.2) is 0 Å². The molecule has 0 aliphatic heterocycles. The standard InChI is InChI=1S/C10H16ClN3/c11-9-7-13-14(6-5-12)10(9)8-3-1-2-4-8/h7-8H,1-6,12H2. The molecule has 1 aliphatic rings. The molecule has 3 nitrogen and oxygen atoms in total. The van der Waals surface area contributed by atoms with E-state index in [0.29, 0.717) is 12.5 Å². The predicted octanol–water partition coefficient (Wildman–Crippen LogP) is 2.15. The van der Waals surface area contributed by atoms with E-state index in [0.717, 1.165) is 11.6 Å². The van der Waals surface area contributed by atoms with Gasteiger partial charge >= 0.3 is 0 Å². The largest absolute Gasteiger partial charge is 0.329 e. The minimum atomic E-state index is 0.608. The molecule has 0 saturated heterocycles. The second-order valence-corrected chi connectivity index (χ2v) is 4.28. The molecule has 1 saturated carbocycles. The van der Waals surface area contributed by atoms with Gasteiger partial charge in [-0.05, 0) is 12.8 Å². The molecule has 0 aromatic carbocycles. The number of nitrogens with two attached hydrogens (primary N) is 1. The summed E-state index contributed by atoms with van der Waals surface area (Å²) in [5.41, 5.74) is 6.74. The Morgan fingerprint density at radius 1 is 1.50 bits per heavy atom. The second kappa shape index (κ2) is 4.32. The van der Waals surface area contributed by atoms with E-state index < -0.39 is 0 Å². The van der Waals surface area contributed by atoms with Crippen LogP contribution in [0.5, 0.6) is 0 Å². The van der Waals surface area contributed by atoms with Gasteiger partial charge in [0.05, 0.1) is 23.5 Å². The Bertz CT molecular complexity index is 302. The van der Waals surface area contributed by atoms with Crippen LogP contribution in [0.2, 0.25) is 5.02 Å². The van der Waals surface area contributed by atoms with E-state index in [-0.39, 0.29) is 0 Å². The molecule has 0 bridgehead atoms. The third kappa shape index (κ3) is 1.79. The number of aromatic nitrogens is 2. The summed E-state index contributed by atoms with van der Waals surface area (Å²) in [5, 5.41) is 5.07. The average Bonchev–Trinajstić information content (AvgIpc) is 2.76. The van der Waals surface area contributed by atoms with Crippen LogP contribution < -0.4 is 5.73 Å². The summed E-state index contributed by atoms with van der Waals surface area (Å²) in [4.78, 5) is 0. The predicted molar refractivity (Wildman–Crippen MR) is 57.5 cm³/mol. The maximum absolute atomic E-state index is 6.14. The fourth-order valence-corrected chi connectivity index (χ4v) is 2.57. The maximum Gasteiger partial charge on any atom is 0.0820 e. The highest BCUT2D eigenvalue weighted by atomic mass is 35.5. The minimum absolute atomic E-state index is 0.608. The molecule has 0 spiro atoms. The van der Waals surface area contributed by atoms with Gasteiger partial charge in [-0.15, -0.1) is 0 Å². The van der Waals surface area contributed by atoms with Crippen molar-refractivity contribution in [3.8, 4) is 0 Å². The molecule has 1 aromatic rings. The number of hydrogen-bond acceptors (Lipinski definition) is 2. The zero-order valence-corrected chi connectivity index (χ0v) is 9.00. The molecule has 14 heavy (non-hydrogen) atoms. The molecule has 1 aliphatic carbocycles. The highest BCUT2D eigenvalue weighted by Crippen LogP contribution is 2.37. The van der Waals surface area contributed by atoms with Gasteiger partial charge in [0.1, 0.15) is 0 Å². The minimum Gasteiger partial charge on any atom is -0.329 e. The lowest BCUT2D eigenvalue weighted by Gasteiger charge is -2.12. The van der Waals surface area contributed by atoms with E-state index >= 15 is 0 Å². The third-order valence-corrected chi connectivity index (χ3v) is 3.21. The van der Waals surface area contributed by atoms with Crippen molar-refractivity contribution < 1.29 is 0 Å². The monoisotopic (exact) mass is 213 g/mol. The molecule has 78 valence electrons. The molecule has 2 rings (SSSR count). The van der Waals surface area contributed by atoms with Gasteiger partial charge in [-0.3, -0.25) is 4.68 Å². The van der Waals surface area contributed by atoms with Crippen LogP contribution in [0.15, 0.2) is 6.20 Å². The molecular weight excluding hydrogens is 198 g/mol. The molecule has 1 heterocycles. The summed E-state index contributed by atoms with van der Waals surface area (Å²) < 4.78 is 1.97. The summed E-state index contributed by atoms with van der Waals surface area (Å²) in [5.74, 6) is 0.608. The van der Waals surface area contributed by atoms with E-state index in [1.54, 1.807) is 6.20 Å². The smallest absolute Gasteiger partial charge is 0.0820 e. The lowest BCUT2D eigenvalue weighted by Crippen LogP contribution is -2.15. The van der Waals surface area contributed by atoms with Gasteiger partial charge in [-0.2, -0.15) is 5.10 Å². The number of hydrogen-bond donors (Lipinski definition) is 1. The van der Waals surface area contributed by atoms with E-state index in [1.807, 2.05) is 4.68 Å². The molecular formula is C10H16ClN3. The Morgan fingerprint density at radius 3 is 2.86 bits per heavy atom. The van der Waals surface area contributed by atoms with Crippen LogP contribution in [0.3, 0.4) is 0 Å². The SMILES string of the molecule is NCCn1ncc(Cl)c1C1CCCC1. The van der Waals surface area contributed by atoms with Crippen molar-refractivity contribution >= 4 is 11.6 Å². The first-order valence-electron chi connectivity index (χ1n) is 5.24. The molecule has 1 fully saturated rings. The highest BCUT2D eigenvalue weighted by Gasteiger charge is 2.23. The fourth-order valence-electron chi connectivity index (χ4n) is 2.28. The molecule has 1 aromatic heterocycles. The van der Waals surface area contributed by atoms with Crippen LogP contribution in [-0.4, -0.2) is 16.3 Å². The van der Waals surface area contributed by atoms with E-state index in [4.69, 9.17) is 17.3 Å². The van der Waals surface area contributed by atoms with Crippen molar-refractivity contribution in [2.75, 3.05) is 6.54 Å². The Labute approximate surface area is 89.2 Å². The first kappa shape index (κ1) is 9.99. The summed E-state index contributed by atoms with van der Waals surface area (Å²) in [6.45, 7) is 1.40. The molecule has 2 N–H and O–H groups in total. The highest BCUT2D eigenvalue weighted by molar-refractivity contribution is 6.31. The summed E-state index contributed by atoms with van der Waals surface area (Å²) in [7, 11) is 0.